The quantitative estimate of drug-likeness (QED) is 0.851. The van der Waals surface area contributed by atoms with Crippen molar-refractivity contribution in [3.8, 4) is 0 Å². The third-order valence-electron chi connectivity index (χ3n) is 4.44. The van der Waals surface area contributed by atoms with Crippen LogP contribution in [0.4, 0.5) is 0 Å². The van der Waals surface area contributed by atoms with Crippen molar-refractivity contribution in [3.63, 3.8) is 0 Å². The van der Waals surface area contributed by atoms with Gasteiger partial charge < -0.3 is 23.8 Å². The molecular formula is C16H23N5O3S. The summed E-state index contributed by atoms with van der Waals surface area (Å²) in [5.41, 5.74) is -0.252. The van der Waals surface area contributed by atoms with Crippen LogP contribution in [0, 0.1) is 0 Å². The van der Waals surface area contributed by atoms with E-state index in [9.17, 15) is 0 Å². The van der Waals surface area contributed by atoms with Gasteiger partial charge in [-0.1, -0.05) is 0 Å². The highest BCUT2D eigenvalue weighted by molar-refractivity contribution is 7.99. The molecule has 1 atom stereocenters. The van der Waals surface area contributed by atoms with Crippen LogP contribution in [0.15, 0.2) is 33.1 Å². The van der Waals surface area contributed by atoms with Gasteiger partial charge in [0.25, 0.3) is 0 Å². The van der Waals surface area contributed by atoms with E-state index in [1.54, 1.807) is 6.33 Å². The fraction of sp³-hybridized carbons (Fsp3) is 0.625. The molecule has 25 heavy (non-hydrogen) atoms. The summed E-state index contributed by atoms with van der Waals surface area (Å²) < 4.78 is 19.6. The van der Waals surface area contributed by atoms with Gasteiger partial charge in [-0.05, 0) is 23.9 Å². The van der Waals surface area contributed by atoms with Crippen molar-refractivity contribution < 1.29 is 13.9 Å². The molecule has 136 valence electrons. The minimum atomic E-state index is -0.252. The maximum atomic E-state index is 6.06. The molecule has 1 spiro atoms. The Bertz CT molecular complexity index is 696. The van der Waals surface area contributed by atoms with E-state index in [4.69, 9.17) is 13.9 Å². The molecular weight excluding hydrogens is 342 g/mol. The summed E-state index contributed by atoms with van der Waals surface area (Å²) in [5.74, 6) is 0.948. The van der Waals surface area contributed by atoms with Gasteiger partial charge in [0.1, 0.15) is 17.7 Å². The number of ether oxygens (including phenoxy) is 2. The molecule has 2 saturated heterocycles. The van der Waals surface area contributed by atoms with E-state index >= 15 is 0 Å². The van der Waals surface area contributed by atoms with Crippen molar-refractivity contribution in [2.45, 2.75) is 22.4 Å². The van der Waals surface area contributed by atoms with Gasteiger partial charge in [0.15, 0.2) is 10.2 Å². The van der Waals surface area contributed by atoms with E-state index < -0.39 is 0 Å². The van der Waals surface area contributed by atoms with Crippen LogP contribution in [0.1, 0.15) is 5.76 Å². The van der Waals surface area contributed by atoms with E-state index in [0.717, 1.165) is 55.3 Å². The highest BCUT2D eigenvalue weighted by atomic mass is 32.2. The van der Waals surface area contributed by atoms with Crippen LogP contribution < -0.4 is 5.32 Å². The fourth-order valence-corrected chi connectivity index (χ4v) is 3.94. The molecule has 1 N–H and O–H groups in total. The summed E-state index contributed by atoms with van der Waals surface area (Å²) in [5, 5.41) is 13.0. The Labute approximate surface area is 150 Å². The van der Waals surface area contributed by atoms with Crippen LogP contribution in [0.25, 0.3) is 0 Å². The van der Waals surface area contributed by atoms with Crippen LogP contribution in [0.3, 0.4) is 0 Å². The molecule has 1 unspecified atom stereocenters. The van der Waals surface area contributed by atoms with Gasteiger partial charge in [0.05, 0.1) is 26.4 Å². The lowest BCUT2D eigenvalue weighted by molar-refractivity contribution is -0.136. The highest BCUT2D eigenvalue weighted by Crippen LogP contribution is 2.28. The van der Waals surface area contributed by atoms with Crippen molar-refractivity contribution in [1.82, 2.24) is 25.0 Å². The van der Waals surface area contributed by atoms with E-state index in [1.807, 2.05) is 23.7 Å². The summed E-state index contributed by atoms with van der Waals surface area (Å²) in [6.45, 7) is 6.31. The average Bonchev–Trinajstić information content (AvgIpc) is 3.14. The monoisotopic (exact) mass is 365 g/mol. The summed E-state index contributed by atoms with van der Waals surface area (Å²) >= 11 is 1.48. The number of furan rings is 1. The molecule has 2 aromatic rings. The van der Waals surface area contributed by atoms with Gasteiger partial charge in [-0.3, -0.25) is 4.90 Å². The number of hydrogen-bond donors (Lipinski definition) is 1. The molecule has 0 radical (unpaired) electrons. The molecule has 0 bridgehead atoms. The van der Waals surface area contributed by atoms with Crippen LogP contribution in [-0.2, 0) is 23.1 Å². The predicted molar refractivity (Wildman–Crippen MR) is 91.5 cm³/mol. The number of hydrogen-bond acceptors (Lipinski definition) is 8. The Balaban J connectivity index is 1.38. The standard InChI is InChI=1S/C16H23N5O3S/c1-20-12-18-19-15(20)25-14-3-2-13(24-14)8-21-5-7-23-16(10-21)9-17-4-6-22-11-16/h2-3,12,17H,4-11H2,1H3. The highest BCUT2D eigenvalue weighted by Gasteiger charge is 2.38. The number of nitrogens with zero attached hydrogens (tertiary/aromatic N) is 4. The lowest BCUT2D eigenvalue weighted by atomic mass is 10.0. The Kier molecular flexibility index (Phi) is 5.09. The topological polar surface area (TPSA) is 77.6 Å². The first-order valence-corrected chi connectivity index (χ1v) is 9.29. The minimum absolute atomic E-state index is 0.252. The average molecular weight is 365 g/mol. The summed E-state index contributed by atoms with van der Waals surface area (Å²) in [6.07, 6.45) is 1.68. The molecule has 0 aromatic carbocycles. The first kappa shape index (κ1) is 17.0. The lowest BCUT2D eigenvalue weighted by Crippen LogP contribution is -2.57. The van der Waals surface area contributed by atoms with E-state index in [1.165, 1.54) is 11.8 Å². The number of morpholine rings is 1. The van der Waals surface area contributed by atoms with Crippen LogP contribution in [0.2, 0.25) is 0 Å². The Morgan fingerprint density at radius 3 is 3.20 bits per heavy atom. The number of aromatic nitrogens is 3. The molecule has 0 aliphatic carbocycles. The molecule has 8 nitrogen and oxygen atoms in total. The molecule has 0 amide bonds. The lowest BCUT2D eigenvalue weighted by Gasteiger charge is -2.41. The Morgan fingerprint density at radius 2 is 2.32 bits per heavy atom. The summed E-state index contributed by atoms with van der Waals surface area (Å²) in [7, 11) is 1.92. The third-order valence-corrected chi connectivity index (χ3v) is 5.41. The first-order chi connectivity index (χ1) is 12.2. The zero-order valence-electron chi connectivity index (χ0n) is 14.3. The van der Waals surface area contributed by atoms with Crippen molar-refractivity contribution in [1.29, 1.82) is 0 Å². The number of rotatable bonds is 4. The molecule has 9 heteroatoms. The molecule has 4 heterocycles. The zero-order chi connectivity index (χ0) is 17.1. The van der Waals surface area contributed by atoms with Crippen LogP contribution >= 0.6 is 11.8 Å². The van der Waals surface area contributed by atoms with Gasteiger partial charge in [0.2, 0.25) is 0 Å². The van der Waals surface area contributed by atoms with E-state index in [0.29, 0.717) is 13.2 Å². The van der Waals surface area contributed by atoms with E-state index in [-0.39, 0.29) is 5.60 Å². The van der Waals surface area contributed by atoms with E-state index in [2.05, 4.69) is 20.4 Å². The number of nitrogens with one attached hydrogen (secondary N) is 1. The van der Waals surface area contributed by atoms with Gasteiger partial charge in [-0.15, -0.1) is 10.2 Å². The Hall–Kier alpha value is -1.39. The van der Waals surface area contributed by atoms with Crippen molar-refractivity contribution in [3.05, 3.63) is 24.2 Å². The van der Waals surface area contributed by atoms with Crippen molar-refractivity contribution >= 4 is 11.8 Å². The second-order valence-electron chi connectivity index (χ2n) is 6.52. The smallest absolute Gasteiger partial charge is 0.198 e. The minimum Gasteiger partial charge on any atom is -0.453 e. The fourth-order valence-electron chi connectivity index (χ4n) is 3.20. The SMILES string of the molecule is Cn1cnnc1Sc1ccc(CN2CCOC3(CNCCOC3)C2)o1. The molecule has 2 fully saturated rings. The second kappa shape index (κ2) is 7.46. The molecule has 2 aliphatic heterocycles. The maximum absolute atomic E-state index is 6.06. The summed E-state index contributed by atoms with van der Waals surface area (Å²) in [4.78, 5) is 2.37. The van der Waals surface area contributed by atoms with Crippen LogP contribution in [0.5, 0.6) is 0 Å². The maximum Gasteiger partial charge on any atom is 0.198 e. The van der Waals surface area contributed by atoms with Gasteiger partial charge in [0, 0.05) is 33.2 Å². The van der Waals surface area contributed by atoms with Crippen molar-refractivity contribution in [2.24, 2.45) is 7.05 Å². The largest absolute Gasteiger partial charge is 0.453 e. The second-order valence-corrected chi connectivity index (χ2v) is 7.49. The van der Waals surface area contributed by atoms with Crippen LogP contribution in [-0.4, -0.2) is 71.3 Å². The molecule has 0 saturated carbocycles. The van der Waals surface area contributed by atoms with Crippen molar-refractivity contribution in [2.75, 3.05) is 46.0 Å². The normalized spacial score (nSPS) is 25.3. The van der Waals surface area contributed by atoms with Gasteiger partial charge >= 0.3 is 0 Å². The Morgan fingerprint density at radius 1 is 1.36 bits per heavy atom. The van der Waals surface area contributed by atoms with Gasteiger partial charge in [-0.25, -0.2) is 0 Å². The zero-order valence-corrected chi connectivity index (χ0v) is 15.1. The molecule has 2 aromatic heterocycles. The summed E-state index contributed by atoms with van der Waals surface area (Å²) in [6, 6.07) is 4.02. The number of aryl methyl sites for hydroxylation is 1. The first-order valence-electron chi connectivity index (χ1n) is 8.48. The molecule has 4 rings (SSSR count). The van der Waals surface area contributed by atoms with Gasteiger partial charge in [-0.2, -0.15) is 0 Å². The molecule has 2 aliphatic rings. The predicted octanol–water partition coefficient (Wildman–Crippen LogP) is 0.750. The third kappa shape index (κ3) is 4.06.